The van der Waals surface area contributed by atoms with E-state index in [9.17, 15) is 0 Å². The minimum absolute atomic E-state index is 0.754. The van der Waals surface area contributed by atoms with Crippen LogP contribution in [0.2, 0.25) is 0 Å². The maximum Gasteiger partial charge on any atom is 0.0590 e. The molecular formula is C15H27NO. The number of rotatable bonds is 8. The van der Waals surface area contributed by atoms with Crippen LogP contribution < -0.4 is 5.32 Å². The van der Waals surface area contributed by atoms with E-state index in [1.54, 1.807) is 0 Å². The molecule has 1 N–H and O–H groups in total. The van der Waals surface area contributed by atoms with Crippen molar-refractivity contribution in [3.63, 3.8) is 0 Å². The predicted octanol–water partition coefficient (Wildman–Crippen LogP) is 2.85. The lowest BCUT2D eigenvalue weighted by atomic mass is 9.94. The second kappa shape index (κ2) is 6.55. The van der Waals surface area contributed by atoms with E-state index in [4.69, 9.17) is 4.74 Å². The molecule has 3 atom stereocenters. The first-order valence-electron chi connectivity index (χ1n) is 7.22. The number of fused-ring (bicyclic) bond motifs is 2. The molecule has 0 spiro atoms. The number of nitrogens with one attached hydrogen (secondary N) is 1. The average molecular weight is 237 g/mol. The molecule has 3 unspecified atom stereocenters. The van der Waals surface area contributed by atoms with Gasteiger partial charge in [-0.15, -0.1) is 0 Å². The molecule has 2 aliphatic rings. The molecule has 0 radical (unpaired) electrons. The summed E-state index contributed by atoms with van der Waals surface area (Å²) in [6.07, 6.45) is 8.84. The summed E-state index contributed by atoms with van der Waals surface area (Å²) in [5.41, 5.74) is 0. The molecular weight excluding hydrogens is 210 g/mol. The topological polar surface area (TPSA) is 21.3 Å². The summed E-state index contributed by atoms with van der Waals surface area (Å²) in [4.78, 5) is 0. The highest BCUT2D eigenvalue weighted by Crippen LogP contribution is 2.42. The quantitative estimate of drug-likeness (QED) is 0.518. The Hall–Kier alpha value is -0.340. The third-order valence-corrected chi connectivity index (χ3v) is 4.09. The summed E-state index contributed by atoms with van der Waals surface area (Å²) < 4.78 is 5.59. The van der Waals surface area contributed by atoms with Gasteiger partial charge in [0.25, 0.3) is 0 Å². The summed E-state index contributed by atoms with van der Waals surface area (Å²) in [6.45, 7) is 8.45. The summed E-state index contributed by atoms with van der Waals surface area (Å²) in [5, 5.41) is 3.54. The van der Waals surface area contributed by atoms with E-state index >= 15 is 0 Å². The maximum absolute atomic E-state index is 5.59. The van der Waals surface area contributed by atoms with Gasteiger partial charge in [0.15, 0.2) is 0 Å². The van der Waals surface area contributed by atoms with E-state index in [-0.39, 0.29) is 0 Å². The SMILES string of the molecule is CC(C)CCOCCNCC1CC2C=CC1C2. The van der Waals surface area contributed by atoms with Crippen molar-refractivity contribution in [1.29, 1.82) is 0 Å². The highest BCUT2D eigenvalue weighted by Gasteiger charge is 2.34. The van der Waals surface area contributed by atoms with Crippen LogP contribution in [0.15, 0.2) is 12.2 Å². The molecule has 1 saturated carbocycles. The van der Waals surface area contributed by atoms with Crippen LogP contribution in [-0.4, -0.2) is 26.3 Å². The second-order valence-electron chi connectivity index (χ2n) is 6.04. The van der Waals surface area contributed by atoms with Crippen molar-refractivity contribution in [1.82, 2.24) is 5.32 Å². The molecule has 98 valence electrons. The van der Waals surface area contributed by atoms with Crippen LogP contribution >= 0.6 is 0 Å². The molecule has 0 aromatic heterocycles. The van der Waals surface area contributed by atoms with Gasteiger partial charge < -0.3 is 10.1 Å². The van der Waals surface area contributed by atoms with E-state index in [1.807, 2.05) is 0 Å². The van der Waals surface area contributed by atoms with Gasteiger partial charge in [0.1, 0.15) is 0 Å². The summed E-state index contributed by atoms with van der Waals surface area (Å²) in [7, 11) is 0. The lowest BCUT2D eigenvalue weighted by Crippen LogP contribution is -2.28. The molecule has 2 rings (SSSR count). The lowest BCUT2D eigenvalue weighted by Gasteiger charge is -2.18. The highest BCUT2D eigenvalue weighted by molar-refractivity contribution is 5.10. The Balaban J connectivity index is 1.43. The second-order valence-corrected chi connectivity index (χ2v) is 6.04. The van der Waals surface area contributed by atoms with Crippen molar-refractivity contribution in [3.05, 3.63) is 12.2 Å². The molecule has 2 bridgehead atoms. The van der Waals surface area contributed by atoms with E-state index in [0.717, 1.165) is 43.4 Å². The first-order chi connectivity index (χ1) is 8.25. The Labute approximate surface area is 106 Å². The van der Waals surface area contributed by atoms with E-state index in [2.05, 4.69) is 31.3 Å². The van der Waals surface area contributed by atoms with E-state index in [0.29, 0.717) is 0 Å². The van der Waals surface area contributed by atoms with Crippen LogP contribution in [0.5, 0.6) is 0 Å². The largest absolute Gasteiger partial charge is 0.380 e. The third-order valence-electron chi connectivity index (χ3n) is 4.09. The van der Waals surface area contributed by atoms with Crippen LogP contribution in [0, 0.1) is 23.7 Å². The Kier molecular flexibility index (Phi) is 5.05. The molecule has 0 aromatic carbocycles. The van der Waals surface area contributed by atoms with Crippen molar-refractivity contribution in [2.24, 2.45) is 23.7 Å². The van der Waals surface area contributed by atoms with Crippen molar-refractivity contribution < 1.29 is 4.74 Å². The first-order valence-corrected chi connectivity index (χ1v) is 7.22. The number of hydrogen-bond acceptors (Lipinski definition) is 2. The van der Waals surface area contributed by atoms with Gasteiger partial charge in [-0.2, -0.15) is 0 Å². The van der Waals surface area contributed by atoms with Crippen LogP contribution in [0.4, 0.5) is 0 Å². The number of hydrogen-bond donors (Lipinski definition) is 1. The summed E-state index contributed by atoms with van der Waals surface area (Å²) >= 11 is 0. The van der Waals surface area contributed by atoms with E-state index < -0.39 is 0 Å². The Bertz CT molecular complexity index is 249. The molecule has 2 heteroatoms. The van der Waals surface area contributed by atoms with Gasteiger partial charge in [0.05, 0.1) is 6.61 Å². The van der Waals surface area contributed by atoms with Gasteiger partial charge in [-0.25, -0.2) is 0 Å². The fourth-order valence-electron chi connectivity index (χ4n) is 2.98. The lowest BCUT2D eigenvalue weighted by molar-refractivity contribution is 0.124. The van der Waals surface area contributed by atoms with Gasteiger partial charge in [-0.05, 0) is 49.5 Å². The summed E-state index contributed by atoms with van der Waals surface area (Å²) in [5.74, 6) is 3.41. The van der Waals surface area contributed by atoms with Crippen LogP contribution in [0.3, 0.4) is 0 Å². The van der Waals surface area contributed by atoms with Crippen molar-refractivity contribution >= 4 is 0 Å². The predicted molar refractivity (Wildman–Crippen MR) is 72.0 cm³/mol. The minimum Gasteiger partial charge on any atom is -0.380 e. The molecule has 0 aromatic rings. The Morgan fingerprint density at radius 1 is 1.24 bits per heavy atom. The zero-order chi connectivity index (χ0) is 12.1. The zero-order valence-corrected chi connectivity index (χ0v) is 11.3. The molecule has 2 aliphatic carbocycles. The monoisotopic (exact) mass is 237 g/mol. The highest BCUT2D eigenvalue weighted by atomic mass is 16.5. The van der Waals surface area contributed by atoms with Crippen molar-refractivity contribution in [3.8, 4) is 0 Å². The van der Waals surface area contributed by atoms with Gasteiger partial charge in [-0.3, -0.25) is 0 Å². The normalized spacial score (nSPS) is 30.6. The molecule has 0 saturated heterocycles. The van der Waals surface area contributed by atoms with Crippen molar-refractivity contribution in [2.75, 3.05) is 26.3 Å². The molecule has 17 heavy (non-hydrogen) atoms. The molecule has 1 fully saturated rings. The van der Waals surface area contributed by atoms with Gasteiger partial charge >= 0.3 is 0 Å². The number of ether oxygens (including phenoxy) is 1. The van der Waals surface area contributed by atoms with Gasteiger partial charge in [-0.1, -0.05) is 26.0 Å². The van der Waals surface area contributed by atoms with Crippen LogP contribution in [0.1, 0.15) is 33.1 Å². The van der Waals surface area contributed by atoms with Crippen molar-refractivity contribution in [2.45, 2.75) is 33.1 Å². The standard InChI is InChI=1S/C15H27NO/c1-12(2)5-7-17-8-6-16-11-15-10-13-3-4-14(15)9-13/h3-4,12-16H,5-11H2,1-2H3. The van der Waals surface area contributed by atoms with Crippen LogP contribution in [0.25, 0.3) is 0 Å². The fourth-order valence-corrected chi connectivity index (χ4v) is 2.98. The third kappa shape index (κ3) is 4.11. The first kappa shape index (κ1) is 13.1. The maximum atomic E-state index is 5.59. The molecule has 2 nitrogen and oxygen atoms in total. The van der Waals surface area contributed by atoms with E-state index in [1.165, 1.54) is 25.8 Å². The Morgan fingerprint density at radius 2 is 2.12 bits per heavy atom. The fraction of sp³-hybridized carbons (Fsp3) is 0.867. The molecule has 0 aliphatic heterocycles. The molecule has 0 heterocycles. The smallest absolute Gasteiger partial charge is 0.0590 e. The summed E-state index contributed by atoms with van der Waals surface area (Å²) in [6, 6.07) is 0. The zero-order valence-electron chi connectivity index (χ0n) is 11.3. The Morgan fingerprint density at radius 3 is 2.76 bits per heavy atom. The average Bonchev–Trinajstić information content (AvgIpc) is 2.89. The molecule has 0 amide bonds. The van der Waals surface area contributed by atoms with Gasteiger partial charge in [0, 0.05) is 13.2 Å². The number of allylic oxidation sites excluding steroid dienone is 2. The van der Waals surface area contributed by atoms with Gasteiger partial charge in [0.2, 0.25) is 0 Å². The van der Waals surface area contributed by atoms with Crippen LogP contribution in [-0.2, 0) is 4.74 Å². The minimum atomic E-state index is 0.754.